The second kappa shape index (κ2) is 10.6. The third kappa shape index (κ3) is 5.88. The average molecular weight is 531 g/mol. The summed E-state index contributed by atoms with van der Waals surface area (Å²) >= 11 is 0. The summed E-state index contributed by atoms with van der Waals surface area (Å²) in [7, 11) is -3.60. The molecule has 1 aliphatic heterocycles. The summed E-state index contributed by atoms with van der Waals surface area (Å²) in [4.78, 5) is 12.8. The van der Waals surface area contributed by atoms with Crippen molar-refractivity contribution in [1.82, 2.24) is 10.2 Å². The van der Waals surface area contributed by atoms with E-state index in [2.05, 4.69) is 25.7 Å². The van der Waals surface area contributed by atoms with Crippen LogP contribution in [0.3, 0.4) is 0 Å². The van der Waals surface area contributed by atoms with Crippen LogP contribution in [0.4, 0.5) is 28.6 Å². The van der Waals surface area contributed by atoms with Crippen LogP contribution in [0.25, 0.3) is 0 Å². The van der Waals surface area contributed by atoms with Gasteiger partial charge in [-0.15, -0.1) is 5.10 Å². The Morgan fingerprint density at radius 3 is 2.47 bits per heavy atom. The van der Waals surface area contributed by atoms with E-state index in [9.17, 15) is 13.3 Å². The lowest BCUT2D eigenvalue weighted by atomic mass is 10.2. The first-order chi connectivity index (χ1) is 17.1. The van der Waals surface area contributed by atoms with Crippen LogP contribution in [0.5, 0.6) is 5.75 Å². The number of hydrogen-bond donors (Lipinski definition) is 3. The molecule has 0 unspecified atom stereocenters. The van der Waals surface area contributed by atoms with Gasteiger partial charge in [0.1, 0.15) is 5.75 Å². The van der Waals surface area contributed by atoms with Crippen LogP contribution in [0, 0.1) is 0 Å². The molecule has 1 radical (unpaired) electrons. The second-order valence-corrected chi connectivity index (χ2v) is 15.4. The van der Waals surface area contributed by atoms with E-state index >= 15 is 0 Å². The van der Waals surface area contributed by atoms with Crippen molar-refractivity contribution in [3.05, 3.63) is 54.7 Å². The molecule has 2 heterocycles. The van der Waals surface area contributed by atoms with E-state index in [1.807, 2.05) is 24.9 Å². The van der Waals surface area contributed by atoms with Crippen LogP contribution in [-0.4, -0.2) is 67.9 Å². The van der Waals surface area contributed by atoms with Crippen molar-refractivity contribution in [2.75, 3.05) is 54.7 Å². The maximum Gasteiger partial charge on any atom is 0.182 e. The van der Waals surface area contributed by atoms with Crippen LogP contribution >= 0.6 is 7.49 Å². The zero-order valence-electron chi connectivity index (χ0n) is 21.0. The number of anilines is 5. The van der Waals surface area contributed by atoms with E-state index in [4.69, 9.17) is 4.74 Å². The molecule has 0 bridgehead atoms. The second-order valence-electron chi connectivity index (χ2n) is 9.33. The van der Waals surface area contributed by atoms with Gasteiger partial charge in [0.05, 0.1) is 40.5 Å². The highest BCUT2D eigenvalue weighted by molar-refractivity contribution is 7.92. The number of nitrogens with zero attached hydrogens (tertiary/aromatic N) is 3. The Bertz CT molecular complexity index is 1320. The third-order valence-corrected chi connectivity index (χ3v) is 10.8. The van der Waals surface area contributed by atoms with Crippen molar-refractivity contribution < 1.29 is 18.0 Å². The highest BCUT2D eigenvalue weighted by Gasteiger charge is 2.26. The minimum absolute atomic E-state index is 0.241. The summed E-state index contributed by atoms with van der Waals surface area (Å²) in [5, 5.41) is 14.1. The Morgan fingerprint density at radius 1 is 1.06 bits per heavy atom. The van der Waals surface area contributed by atoms with Crippen molar-refractivity contribution in [2.24, 2.45) is 0 Å². The standard InChI is InChI=1S/C25H33N5O4PS/c1-18(2)36(32,33)24-8-6-5-7-22(24)27-19-15-25(29-26-17-19)28-21-10-9-20(16-23(21)34-3)30-11-13-35(4,31)14-12-30/h5-10,15-18,31H,11-14H2,1-4H3,(H2,27,28,29). The van der Waals surface area contributed by atoms with Crippen LogP contribution in [0.15, 0.2) is 59.6 Å². The predicted molar refractivity (Wildman–Crippen MR) is 147 cm³/mol. The van der Waals surface area contributed by atoms with Crippen LogP contribution in [0.2, 0.25) is 0 Å². The summed E-state index contributed by atoms with van der Waals surface area (Å²) in [6, 6.07) is 14.5. The minimum atomic E-state index is -3.46. The molecule has 0 atom stereocenters. The summed E-state index contributed by atoms with van der Waals surface area (Å²) in [6.45, 7) is 6.96. The lowest BCUT2D eigenvalue weighted by Crippen LogP contribution is -2.36. The highest BCUT2D eigenvalue weighted by atomic mass is 32.2. The molecule has 0 amide bonds. The zero-order valence-corrected chi connectivity index (χ0v) is 22.7. The lowest BCUT2D eigenvalue weighted by molar-refractivity contribution is 0.417. The molecule has 0 aliphatic carbocycles. The maximum absolute atomic E-state index is 12.8. The van der Waals surface area contributed by atoms with E-state index in [0.29, 0.717) is 22.9 Å². The summed E-state index contributed by atoms with van der Waals surface area (Å²) in [5.74, 6) is 1.14. The first-order valence-electron chi connectivity index (χ1n) is 11.8. The number of ether oxygens (including phenoxy) is 1. The van der Waals surface area contributed by atoms with Crippen molar-refractivity contribution >= 4 is 45.9 Å². The number of rotatable bonds is 8. The smallest absolute Gasteiger partial charge is 0.182 e. The topological polar surface area (TPSA) is 117 Å². The number of para-hydroxylation sites is 1. The maximum atomic E-state index is 12.8. The molecule has 11 heteroatoms. The molecule has 193 valence electrons. The van der Waals surface area contributed by atoms with Gasteiger partial charge in [0.2, 0.25) is 0 Å². The number of benzene rings is 2. The SMILES string of the molecule is COc1cc(N2CC[P](C)(O)CC2)ccc1Nc1cc(Nc2ccccc2S(=O)(=O)C(C)C)cnn1. The fourth-order valence-electron chi connectivity index (χ4n) is 4.00. The zero-order chi connectivity index (χ0) is 25.9. The molecule has 1 aliphatic rings. The molecular formula is C25H33N5O4PS. The number of hydrogen-bond acceptors (Lipinski definition) is 9. The van der Waals surface area contributed by atoms with Gasteiger partial charge in [0, 0.05) is 43.2 Å². The van der Waals surface area contributed by atoms with Crippen molar-refractivity contribution in [2.45, 2.75) is 24.0 Å². The number of aromatic nitrogens is 2. The fourth-order valence-corrected chi connectivity index (χ4v) is 6.77. The van der Waals surface area contributed by atoms with Crippen molar-refractivity contribution in [3.8, 4) is 5.75 Å². The molecule has 36 heavy (non-hydrogen) atoms. The molecule has 4 rings (SSSR count). The van der Waals surface area contributed by atoms with E-state index in [0.717, 1.165) is 36.8 Å². The quantitative estimate of drug-likeness (QED) is 0.361. The van der Waals surface area contributed by atoms with Gasteiger partial charge in [-0.05, 0) is 52.3 Å². The van der Waals surface area contributed by atoms with Gasteiger partial charge in [0.25, 0.3) is 0 Å². The predicted octanol–water partition coefficient (Wildman–Crippen LogP) is 4.53. The lowest BCUT2D eigenvalue weighted by Gasteiger charge is -2.38. The molecule has 3 N–H and O–H groups in total. The summed E-state index contributed by atoms with van der Waals surface area (Å²) in [6.07, 6.45) is 3.19. The Morgan fingerprint density at radius 2 is 1.78 bits per heavy atom. The summed E-state index contributed by atoms with van der Waals surface area (Å²) in [5.41, 5.74) is 2.85. The van der Waals surface area contributed by atoms with Gasteiger partial charge >= 0.3 is 0 Å². The molecule has 2 aromatic carbocycles. The number of nitrogens with one attached hydrogen (secondary N) is 2. The van der Waals surface area contributed by atoms with E-state index in [1.54, 1.807) is 51.3 Å². The Kier molecular flexibility index (Phi) is 7.68. The van der Waals surface area contributed by atoms with Gasteiger partial charge in [-0.25, -0.2) is 8.42 Å². The molecule has 9 nitrogen and oxygen atoms in total. The number of sulfone groups is 1. The first-order valence-corrected chi connectivity index (χ1v) is 15.9. The van der Waals surface area contributed by atoms with Gasteiger partial charge in [-0.3, -0.25) is 0 Å². The van der Waals surface area contributed by atoms with Gasteiger partial charge in [-0.1, -0.05) is 12.1 Å². The van der Waals surface area contributed by atoms with Crippen molar-refractivity contribution in [3.63, 3.8) is 0 Å². The Hall–Kier alpha value is -2.94. The minimum Gasteiger partial charge on any atom is -0.494 e. The molecule has 0 saturated carbocycles. The first kappa shape index (κ1) is 26.1. The Balaban J connectivity index is 1.53. The molecule has 3 aromatic rings. The van der Waals surface area contributed by atoms with Gasteiger partial charge in [0.15, 0.2) is 15.7 Å². The number of methoxy groups -OCH3 is 1. The van der Waals surface area contributed by atoms with Crippen LogP contribution in [0.1, 0.15) is 13.8 Å². The van der Waals surface area contributed by atoms with E-state index in [1.165, 1.54) is 6.20 Å². The van der Waals surface area contributed by atoms with Crippen LogP contribution in [-0.2, 0) is 9.84 Å². The van der Waals surface area contributed by atoms with Gasteiger partial charge < -0.3 is 25.2 Å². The average Bonchev–Trinajstić information content (AvgIpc) is 2.85. The molecule has 0 spiro atoms. The Labute approximate surface area is 213 Å². The molecule has 1 saturated heterocycles. The third-order valence-electron chi connectivity index (χ3n) is 6.26. The normalized spacial score (nSPS) is 15.6. The van der Waals surface area contributed by atoms with Gasteiger partial charge in [-0.2, -0.15) is 5.10 Å². The molecule has 1 aromatic heterocycles. The highest BCUT2D eigenvalue weighted by Crippen LogP contribution is 2.52. The van der Waals surface area contributed by atoms with Crippen molar-refractivity contribution in [1.29, 1.82) is 0 Å². The molecule has 1 fully saturated rings. The van der Waals surface area contributed by atoms with E-state index < -0.39 is 22.6 Å². The monoisotopic (exact) mass is 530 g/mol. The van der Waals surface area contributed by atoms with E-state index in [-0.39, 0.29) is 4.90 Å². The van der Waals surface area contributed by atoms with Crippen LogP contribution < -0.4 is 20.3 Å². The molecular weight excluding hydrogens is 497 g/mol. The largest absolute Gasteiger partial charge is 0.494 e. The fraction of sp³-hybridized carbons (Fsp3) is 0.360. The summed E-state index contributed by atoms with van der Waals surface area (Å²) < 4.78 is 31.2.